The molecule has 2 aromatic rings. The van der Waals surface area contributed by atoms with Crippen molar-refractivity contribution in [3.8, 4) is 5.69 Å². The van der Waals surface area contributed by atoms with Crippen LogP contribution in [0.25, 0.3) is 5.69 Å². The number of fused-ring (bicyclic) bond motifs is 1. The minimum atomic E-state index is -0.332. The fraction of sp³-hybridized carbons (Fsp3) is 0.375. The molecule has 0 unspecified atom stereocenters. The van der Waals surface area contributed by atoms with Crippen LogP contribution in [-0.2, 0) is 24.1 Å². The number of carbonyl (C=O) groups excluding carboxylic acids is 1. The van der Waals surface area contributed by atoms with Gasteiger partial charge in [-0.1, -0.05) is 19.1 Å². The van der Waals surface area contributed by atoms with Crippen molar-refractivity contribution in [2.75, 3.05) is 13.7 Å². The molecule has 0 fully saturated rings. The molecule has 1 N–H and O–H groups in total. The monoisotopic (exact) mass is 285 g/mol. The van der Waals surface area contributed by atoms with Gasteiger partial charge in [0.05, 0.1) is 29.7 Å². The Morgan fingerprint density at radius 2 is 2.24 bits per heavy atom. The predicted octanol–water partition coefficient (Wildman–Crippen LogP) is 1.87. The van der Waals surface area contributed by atoms with Gasteiger partial charge in [0, 0.05) is 25.1 Å². The Balaban J connectivity index is 2.17. The summed E-state index contributed by atoms with van der Waals surface area (Å²) >= 11 is 0. The number of ether oxygens (including phenoxy) is 1. The molecule has 0 bridgehead atoms. The zero-order chi connectivity index (χ0) is 14.8. The van der Waals surface area contributed by atoms with E-state index in [1.54, 1.807) is 6.07 Å². The zero-order valence-electron chi connectivity index (χ0n) is 12.3. The van der Waals surface area contributed by atoms with E-state index in [2.05, 4.69) is 12.2 Å². The first kappa shape index (κ1) is 13.8. The zero-order valence-corrected chi connectivity index (χ0v) is 12.3. The van der Waals surface area contributed by atoms with Gasteiger partial charge in [0.2, 0.25) is 0 Å². The van der Waals surface area contributed by atoms with Crippen LogP contribution in [0.3, 0.4) is 0 Å². The van der Waals surface area contributed by atoms with Gasteiger partial charge in [-0.25, -0.2) is 9.48 Å². The minimum Gasteiger partial charge on any atom is -0.465 e. The number of aryl methyl sites for hydroxylation is 1. The summed E-state index contributed by atoms with van der Waals surface area (Å²) in [6.07, 6.45) is 1.80. The maximum absolute atomic E-state index is 12.0. The number of hydrogen-bond acceptors (Lipinski definition) is 4. The molecule has 1 aromatic heterocycles. The van der Waals surface area contributed by atoms with E-state index in [1.807, 2.05) is 22.9 Å². The average Bonchev–Trinajstić information content (AvgIpc) is 2.93. The number of aromatic nitrogens is 2. The first-order chi connectivity index (χ1) is 10.3. The molecule has 1 aliphatic heterocycles. The number of rotatable bonds is 3. The third kappa shape index (κ3) is 2.34. The molecule has 5 heteroatoms. The van der Waals surface area contributed by atoms with Gasteiger partial charge in [-0.3, -0.25) is 0 Å². The van der Waals surface area contributed by atoms with Gasteiger partial charge in [0.25, 0.3) is 0 Å². The second-order valence-corrected chi connectivity index (χ2v) is 5.07. The Hall–Kier alpha value is -2.14. The minimum absolute atomic E-state index is 0.332. The van der Waals surface area contributed by atoms with Gasteiger partial charge < -0.3 is 10.1 Å². The number of nitrogens with one attached hydrogen (secondary N) is 1. The van der Waals surface area contributed by atoms with Crippen LogP contribution in [-0.4, -0.2) is 29.4 Å². The number of benzene rings is 1. The van der Waals surface area contributed by atoms with Crippen molar-refractivity contribution in [3.63, 3.8) is 0 Å². The quantitative estimate of drug-likeness (QED) is 0.875. The molecule has 2 heterocycles. The third-order valence-electron chi connectivity index (χ3n) is 3.89. The summed E-state index contributed by atoms with van der Waals surface area (Å²) in [5.41, 5.74) is 4.90. The second kappa shape index (κ2) is 5.69. The predicted molar refractivity (Wildman–Crippen MR) is 79.7 cm³/mol. The van der Waals surface area contributed by atoms with Crippen LogP contribution < -0.4 is 5.32 Å². The summed E-state index contributed by atoms with van der Waals surface area (Å²) in [5, 5.41) is 8.11. The van der Waals surface area contributed by atoms with Crippen molar-refractivity contribution < 1.29 is 9.53 Å². The fourth-order valence-corrected chi connectivity index (χ4v) is 2.84. The van der Waals surface area contributed by atoms with Crippen LogP contribution in [0.4, 0.5) is 0 Å². The summed E-state index contributed by atoms with van der Waals surface area (Å²) in [7, 11) is 1.40. The standard InChI is InChI=1S/C16H19N3O2/c1-3-13-12-10-17-9-8-15(12)19(18-13)14-7-5-4-6-11(14)16(20)21-2/h4-7,17H,3,8-10H2,1-2H3. The number of methoxy groups -OCH3 is 1. The molecule has 110 valence electrons. The van der Waals surface area contributed by atoms with E-state index in [1.165, 1.54) is 18.4 Å². The molecule has 3 rings (SSSR count). The van der Waals surface area contributed by atoms with E-state index in [4.69, 9.17) is 9.84 Å². The van der Waals surface area contributed by atoms with E-state index in [0.717, 1.165) is 37.3 Å². The van der Waals surface area contributed by atoms with Crippen molar-refractivity contribution in [3.05, 3.63) is 46.8 Å². The summed E-state index contributed by atoms with van der Waals surface area (Å²) < 4.78 is 6.80. The fourth-order valence-electron chi connectivity index (χ4n) is 2.84. The van der Waals surface area contributed by atoms with Crippen LogP contribution in [0.2, 0.25) is 0 Å². The molecule has 5 nitrogen and oxygen atoms in total. The highest BCUT2D eigenvalue weighted by atomic mass is 16.5. The van der Waals surface area contributed by atoms with Gasteiger partial charge in [-0.05, 0) is 18.6 Å². The van der Waals surface area contributed by atoms with Crippen LogP contribution in [0.5, 0.6) is 0 Å². The summed E-state index contributed by atoms with van der Waals surface area (Å²) in [4.78, 5) is 12.0. The SMILES string of the molecule is CCc1nn(-c2ccccc2C(=O)OC)c2c1CNCC2. The van der Waals surface area contributed by atoms with Gasteiger partial charge in [-0.2, -0.15) is 5.10 Å². The van der Waals surface area contributed by atoms with Crippen molar-refractivity contribution in [2.24, 2.45) is 0 Å². The summed E-state index contributed by atoms with van der Waals surface area (Å²) in [6.45, 7) is 3.88. The maximum atomic E-state index is 12.0. The van der Waals surface area contributed by atoms with Crippen molar-refractivity contribution in [2.45, 2.75) is 26.3 Å². The molecule has 0 radical (unpaired) electrons. The van der Waals surface area contributed by atoms with Crippen LogP contribution in [0, 0.1) is 0 Å². The molecule has 1 aromatic carbocycles. The number of para-hydroxylation sites is 1. The van der Waals surface area contributed by atoms with E-state index >= 15 is 0 Å². The number of carbonyl (C=O) groups is 1. The van der Waals surface area contributed by atoms with Gasteiger partial charge in [0.1, 0.15) is 0 Å². The molecule has 0 aliphatic carbocycles. The Bertz CT molecular complexity index is 676. The Morgan fingerprint density at radius 1 is 1.43 bits per heavy atom. The lowest BCUT2D eigenvalue weighted by atomic mass is 10.1. The summed E-state index contributed by atoms with van der Waals surface area (Å²) in [5.74, 6) is -0.332. The molecule has 1 aliphatic rings. The van der Waals surface area contributed by atoms with E-state index in [0.29, 0.717) is 5.56 Å². The first-order valence-electron chi connectivity index (χ1n) is 7.24. The Kier molecular flexibility index (Phi) is 3.75. The summed E-state index contributed by atoms with van der Waals surface area (Å²) in [6, 6.07) is 7.46. The van der Waals surface area contributed by atoms with Gasteiger partial charge in [-0.15, -0.1) is 0 Å². The maximum Gasteiger partial charge on any atom is 0.340 e. The number of hydrogen-bond donors (Lipinski definition) is 1. The lowest BCUT2D eigenvalue weighted by Crippen LogP contribution is -2.25. The smallest absolute Gasteiger partial charge is 0.340 e. The first-order valence-corrected chi connectivity index (χ1v) is 7.24. The average molecular weight is 285 g/mol. The molecular weight excluding hydrogens is 266 g/mol. The van der Waals surface area contributed by atoms with E-state index in [-0.39, 0.29) is 5.97 Å². The van der Waals surface area contributed by atoms with Crippen LogP contribution >= 0.6 is 0 Å². The van der Waals surface area contributed by atoms with E-state index < -0.39 is 0 Å². The number of esters is 1. The third-order valence-corrected chi connectivity index (χ3v) is 3.89. The molecule has 0 saturated carbocycles. The van der Waals surface area contributed by atoms with Crippen LogP contribution in [0.15, 0.2) is 24.3 Å². The van der Waals surface area contributed by atoms with E-state index in [9.17, 15) is 4.79 Å². The molecule has 0 atom stereocenters. The second-order valence-electron chi connectivity index (χ2n) is 5.07. The van der Waals surface area contributed by atoms with Gasteiger partial charge >= 0.3 is 5.97 Å². The highest BCUT2D eigenvalue weighted by molar-refractivity contribution is 5.93. The molecule has 0 amide bonds. The molecule has 21 heavy (non-hydrogen) atoms. The largest absolute Gasteiger partial charge is 0.465 e. The normalized spacial score (nSPS) is 13.8. The van der Waals surface area contributed by atoms with Crippen molar-refractivity contribution in [1.29, 1.82) is 0 Å². The molecule has 0 spiro atoms. The Labute approximate surface area is 123 Å². The lowest BCUT2D eigenvalue weighted by molar-refractivity contribution is 0.0600. The highest BCUT2D eigenvalue weighted by Gasteiger charge is 2.23. The molecule has 0 saturated heterocycles. The highest BCUT2D eigenvalue weighted by Crippen LogP contribution is 2.24. The van der Waals surface area contributed by atoms with Crippen molar-refractivity contribution >= 4 is 5.97 Å². The molecular formula is C16H19N3O2. The lowest BCUT2D eigenvalue weighted by Gasteiger charge is -2.16. The number of nitrogens with zero attached hydrogens (tertiary/aromatic N) is 2. The Morgan fingerprint density at radius 3 is 3.00 bits per heavy atom. The topological polar surface area (TPSA) is 56.2 Å². The van der Waals surface area contributed by atoms with Gasteiger partial charge in [0.15, 0.2) is 0 Å². The van der Waals surface area contributed by atoms with Crippen LogP contribution in [0.1, 0.15) is 34.2 Å². The van der Waals surface area contributed by atoms with Crippen molar-refractivity contribution in [1.82, 2.24) is 15.1 Å².